The van der Waals surface area contributed by atoms with Crippen molar-refractivity contribution < 1.29 is 4.79 Å². The van der Waals surface area contributed by atoms with Gasteiger partial charge in [-0.25, -0.2) is 4.52 Å². The van der Waals surface area contributed by atoms with E-state index < -0.39 is 0 Å². The molecule has 0 bridgehead atoms. The van der Waals surface area contributed by atoms with Gasteiger partial charge in [-0.3, -0.25) is 4.79 Å². The summed E-state index contributed by atoms with van der Waals surface area (Å²) in [6, 6.07) is 5.97. The molecule has 1 aliphatic rings. The molecule has 2 aromatic heterocycles. The third-order valence-corrected chi connectivity index (χ3v) is 3.77. The second-order valence-corrected chi connectivity index (χ2v) is 5.14. The molecule has 1 amide bonds. The summed E-state index contributed by atoms with van der Waals surface area (Å²) in [5.41, 5.74) is 1.49. The van der Waals surface area contributed by atoms with Gasteiger partial charge >= 0.3 is 0 Å². The molecule has 1 saturated heterocycles. The standard InChI is InChI=1S/C14H18N4O.ClH/c1-10-8-15-6-5-12(10)17-14(19)11-9-16-18-7-3-2-4-13(11)18;/h2-4,7,9-10,12,15H,5-6,8H2,1H3,(H,17,19);1H. The molecule has 0 aliphatic carbocycles. The van der Waals surface area contributed by atoms with Crippen molar-refractivity contribution >= 4 is 23.8 Å². The fourth-order valence-electron chi connectivity index (χ4n) is 2.58. The number of carbonyl (C=O) groups is 1. The van der Waals surface area contributed by atoms with Crippen LogP contribution in [0.4, 0.5) is 0 Å². The van der Waals surface area contributed by atoms with Gasteiger partial charge in [0.25, 0.3) is 5.91 Å². The Balaban J connectivity index is 0.00000147. The number of aromatic nitrogens is 2. The molecule has 0 radical (unpaired) electrons. The van der Waals surface area contributed by atoms with Gasteiger partial charge in [-0.1, -0.05) is 13.0 Å². The lowest BCUT2D eigenvalue weighted by Crippen LogP contribution is -2.48. The van der Waals surface area contributed by atoms with Crippen molar-refractivity contribution in [2.45, 2.75) is 19.4 Å². The molecule has 6 heteroatoms. The van der Waals surface area contributed by atoms with E-state index in [1.165, 1.54) is 0 Å². The molecule has 0 saturated carbocycles. The van der Waals surface area contributed by atoms with E-state index in [4.69, 9.17) is 0 Å². The van der Waals surface area contributed by atoms with Crippen LogP contribution in [0.25, 0.3) is 5.52 Å². The van der Waals surface area contributed by atoms with Crippen LogP contribution in [-0.2, 0) is 0 Å². The van der Waals surface area contributed by atoms with Crippen molar-refractivity contribution in [2.75, 3.05) is 13.1 Å². The number of halogens is 1. The normalized spacial score (nSPS) is 22.2. The Morgan fingerprint density at radius 1 is 1.50 bits per heavy atom. The first-order valence-electron chi connectivity index (χ1n) is 6.69. The zero-order valence-corrected chi connectivity index (χ0v) is 12.2. The Hall–Kier alpha value is -1.59. The van der Waals surface area contributed by atoms with E-state index in [0.29, 0.717) is 11.5 Å². The molecule has 2 atom stereocenters. The molecule has 1 aliphatic heterocycles. The summed E-state index contributed by atoms with van der Waals surface area (Å²) in [7, 11) is 0. The van der Waals surface area contributed by atoms with Gasteiger partial charge in [-0.2, -0.15) is 5.10 Å². The predicted molar refractivity (Wildman–Crippen MR) is 80.3 cm³/mol. The zero-order chi connectivity index (χ0) is 13.2. The van der Waals surface area contributed by atoms with Gasteiger partial charge in [-0.05, 0) is 37.6 Å². The van der Waals surface area contributed by atoms with Crippen LogP contribution < -0.4 is 10.6 Å². The van der Waals surface area contributed by atoms with Gasteiger partial charge in [0.15, 0.2) is 0 Å². The van der Waals surface area contributed by atoms with E-state index in [-0.39, 0.29) is 24.4 Å². The maximum Gasteiger partial charge on any atom is 0.255 e. The summed E-state index contributed by atoms with van der Waals surface area (Å²) < 4.78 is 1.72. The molecular formula is C14H19ClN4O. The zero-order valence-electron chi connectivity index (χ0n) is 11.4. The van der Waals surface area contributed by atoms with Gasteiger partial charge in [0.05, 0.1) is 17.3 Å². The lowest BCUT2D eigenvalue weighted by molar-refractivity contribution is 0.0916. The number of pyridine rings is 1. The number of hydrogen-bond donors (Lipinski definition) is 2. The summed E-state index contributed by atoms with van der Waals surface area (Å²) >= 11 is 0. The van der Waals surface area contributed by atoms with Crippen LogP contribution >= 0.6 is 12.4 Å². The van der Waals surface area contributed by atoms with Crippen LogP contribution in [0.3, 0.4) is 0 Å². The second-order valence-electron chi connectivity index (χ2n) is 5.14. The minimum Gasteiger partial charge on any atom is -0.349 e. The maximum atomic E-state index is 12.3. The Bertz CT molecular complexity index is 598. The SMILES string of the molecule is CC1CNCCC1NC(=O)c1cnn2ccccc12.Cl. The third kappa shape index (κ3) is 2.78. The molecule has 0 spiro atoms. The first-order chi connectivity index (χ1) is 9.25. The van der Waals surface area contributed by atoms with Crippen molar-refractivity contribution in [2.24, 2.45) is 5.92 Å². The third-order valence-electron chi connectivity index (χ3n) is 3.77. The fraction of sp³-hybridized carbons (Fsp3) is 0.429. The molecule has 2 unspecified atom stereocenters. The van der Waals surface area contributed by atoms with Crippen molar-refractivity contribution in [3.63, 3.8) is 0 Å². The number of fused-ring (bicyclic) bond motifs is 1. The number of carbonyl (C=O) groups excluding carboxylic acids is 1. The van der Waals surface area contributed by atoms with Crippen LogP contribution in [0.5, 0.6) is 0 Å². The van der Waals surface area contributed by atoms with Crippen LogP contribution in [0.15, 0.2) is 30.6 Å². The number of hydrogen-bond acceptors (Lipinski definition) is 3. The van der Waals surface area contributed by atoms with E-state index in [1.807, 2.05) is 24.4 Å². The molecule has 2 aromatic rings. The van der Waals surface area contributed by atoms with Gasteiger partial charge in [0.1, 0.15) is 0 Å². The summed E-state index contributed by atoms with van der Waals surface area (Å²) in [6.45, 7) is 4.08. The van der Waals surface area contributed by atoms with E-state index in [0.717, 1.165) is 25.0 Å². The minimum absolute atomic E-state index is 0. The highest BCUT2D eigenvalue weighted by molar-refractivity contribution is 6.00. The van der Waals surface area contributed by atoms with Gasteiger partial charge in [0, 0.05) is 12.2 Å². The average Bonchev–Trinajstić information content (AvgIpc) is 2.85. The lowest BCUT2D eigenvalue weighted by Gasteiger charge is -2.30. The van der Waals surface area contributed by atoms with Gasteiger partial charge < -0.3 is 10.6 Å². The summed E-state index contributed by atoms with van der Waals surface area (Å²) in [6.07, 6.45) is 4.46. The molecule has 0 aromatic carbocycles. The molecule has 108 valence electrons. The number of nitrogens with zero attached hydrogens (tertiary/aromatic N) is 2. The summed E-state index contributed by atoms with van der Waals surface area (Å²) in [4.78, 5) is 12.3. The second kappa shape index (κ2) is 6.24. The van der Waals surface area contributed by atoms with E-state index in [9.17, 15) is 4.79 Å². The largest absolute Gasteiger partial charge is 0.349 e. The van der Waals surface area contributed by atoms with Crippen LogP contribution in [0, 0.1) is 5.92 Å². The van der Waals surface area contributed by atoms with Crippen molar-refractivity contribution in [1.29, 1.82) is 0 Å². The van der Waals surface area contributed by atoms with Crippen molar-refractivity contribution in [3.8, 4) is 0 Å². The van der Waals surface area contributed by atoms with E-state index in [2.05, 4.69) is 22.7 Å². The first-order valence-corrected chi connectivity index (χ1v) is 6.69. The number of piperidine rings is 1. The minimum atomic E-state index is -0.0278. The van der Waals surface area contributed by atoms with Crippen molar-refractivity contribution in [3.05, 3.63) is 36.2 Å². The van der Waals surface area contributed by atoms with Gasteiger partial charge in [-0.15, -0.1) is 12.4 Å². The maximum absolute atomic E-state index is 12.3. The highest BCUT2D eigenvalue weighted by atomic mass is 35.5. The molecule has 3 rings (SSSR count). The monoisotopic (exact) mass is 294 g/mol. The molecule has 2 N–H and O–H groups in total. The van der Waals surface area contributed by atoms with E-state index in [1.54, 1.807) is 10.7 Å². The summed E-state index contributed by atoms with van der Waals surface area (Å²) in [5, 5.41) is 10.7. The number of amides is 1. The molecule has 5 nitrogen and oxygen atoms in total. The van der Waals surface area contributed by atoms with Crippen LogP contribution in [0.2, 0.25) is 0 Å². The Morgan fingerprint density at radius 2 is 2.35 bits per heavy atom. The van der Waals surface area contributed by atoms with Crippen molar-refractivity contribution in [1.82, 2.24) is 20.2 Å². The smallest absolute Gasteiger partial charge is 0.255 e. The van der Waals surface area contributed by atoms with E-state index >= 15 is 0 Å². The molecule has 3 heterocycles. The first kappa shape index (κ1) is 14.8. The highest BCUT2D eigenvalue weighted by Crippen LogP contribution is 2.14. The Kier molecular flexibility index (Phi) is 4.62. The highest BCUT2D eigenvalue weighted by Gasteiger charge is 2.24. The summed E-state index contributed by atoms with van der Waals surface area (Å²) in [5.74, 6) is 0.430. The Labute approximate surface area is 124 Å². The lowest BCUT2D eigenvalue weighted by atomic mass is 9.95. The fourth-order valence-corrected chi connectivity index (χ4v) is 2.58. The quantitative estimate of drug-likeness (QED) is 0.882. The molecular weight excluding hydrogens is 276 g/mol. The number of rotatable bonds is 2. The molecule has 20 heavy (non-hydrogen) atoms. The van der Waals surface area contributed by atoms with Crippen LogP contribution in [-0.4, -0.2) is 34.7 Å². The molecule has 1 fully saturated rings. The number of nitrogens with one attached hydrogen (secondary N) is 2. The topological polar surface area (TPSA) is 58.4 Å². The predicted octanol–water partition coefficient (Wildman–Crippen LogP) is 1.48. The van der Waals surface area contributed by atoms with Crippen LogP contribution in [0.1, 0.15) is 23.7 Å². The average molecular weight is 295 g/mol. The Morgan fingerprint density at radius 3 is 3.15 bits per heavy atom. The van der Waals surface area contributed by atoms with Gasteiger partial charge in [0.2, 0.25) is 0 Å².